The maximum atomic E-state index is 5.57. The van der Waals surface area contributed by atoms with Crippen molar-refractivity contribution in [3.05, 3.63) is 30.1 Å². The summed E-state index contributed by atoms with van der Waals surface area (Å²) >= 11 is 1.64. The lowest BCUT2D eigenvalue weighted by Crippen LogP contribution is -1.95. The smallest absolute Gasteiger partial charge is 0.194 e. The van der Waals surface area contributed by atoms with Crippen LogP contribution in [0, 0.1) is 0 Å². The molecule has 0 amide bonds. The van der Waals surface area contributed by atoms with Gasteiger partial charge in [-0.1, -0.05) is 11.3 Å². The number of methoxy groups -OCH3 is 1. The van der Waals surface area contributed by atoms with E-state index in [0.29, 0.717) is 6.54 Å². The maximum absolute atomic E-state index is 5.57. The van der Waals surface area contributed by atoms with Crippen molar-refractivity contribution in [2.45, 2.75) is 6.54 Å². The summed E-state index contributed by atoms with van der Waals surface area (Å²) in [5.41, 5.74) is 7.64. The molecule has 0 unspecified atom stereocenters. The van der Waals surface area contributed by atoms with Crippen LogP contribution in [0.25, 0.3) is 15.2 Å². The number of rotatable bonds is 2. The van der Waals surface area contributed by atoms with Crippen LogP contribution in [0.5, 0.6) is 5.75 Å². The zero-order valence-electron chi connectivity index (χ0n) is 8.80. The molecule has 16 heavy (non-hydrogen) atoms. The number of nitrogens with zero attached hydrogens (tertiary/aromatic N) is 2. The van der Waals surface area contributed by atoms with Crippen molar-refractivity contribution in [3.8, 4) is 5.75 Å². The third-order valence-corrected chi connectivity index (χ3v) is 3.58. The average molecular weight is 233 g/mol. The lowest BCUT2D eigenvalue weighted by Gasteiger charge is -1.98. The third-order valence-electron chi connectivity index (χ3n) is 2.56. The highest BCUT2D eigenvalue weighted by atomic mass is 32.1. The SMILES string of the molecule is COc1ccc2c(c1)sc1nc(CN)cn12. The summed E-state index contributed by atoms with van der Waals surface area (Å²) in [5, 5.41) is 0. The largest absolute Gasteiger partial charge is 0.497 e. The summed E-state index contributed by atoms with van der Waals surface area (Å²) in [5.74, 6) is 0.871. The van der Waals surface area contributed by atoms with E-state index < -0.39 is 0 Å². The lowest BCUT2D eigenvalue weighted by molar-refractivity contribution is 0.415. The van der Waals surface area contributed by atoms with Gasteiger partial charge in [0.1, 0.15) is 5.75 Å². The summed E-state index contributed by atoms with van der Waals surface area (Å²) in [7, 11) is 1.67. The topological polar surface area (TPSA) is 52.5 Å². The highest BCUT2D eigenvalue weighted by Crippen LogP contribution is 2.29. The minimum atomic E-state index is 0.478. The Morgan fingerprint density at radius 1 is 1.50 bits per heavy atom. The summed E-state index contributed by atoms with van der Waals surface area (Å²) in [4.78, 5) is 5.42. The number of hydrogen-bond donors (Lipinski definition) is 1. The van der Waals surface area contributed by atoms with Crippen molar-refractivity contribution in [1.82, 2.24) is 9.38 Å². The third kappa shape index (κ3) is 1.29. The van der Waals surface area contributed by atoms with Crippen LogP contribution in [0.4, 0.5) is 0 Å². The van der Waals surface area contributed by atoms with Gasteiger partial charge in [-0.05, 0) is 18.2 Å². The molecule has 82 valence electrons. The van der Waals surface area contributed by atoms with E-state index in [2.05, 4.69) is 9.38 Å². The van der Waals surface area contributed by atoms with Crippen LogP contribution >= 0.6 is 11.3 Å². The van der Waals surface area contributed by atoms with Crippen molar-refractivity contribution in [2.75, 3.05) is 7.11 Å². The molecule has 0 spiro atoms. The average Bonchev–Trinajstić information content (AvgIpc) is 2.84. The van der Waals surface area contributed by atoms with Gasteiger partial charge in [-0.15, -0.1) is 0 Å². The van der Waals surface area contributed by atoms with E-state index in [9.17, 15) is 0 Å². The number of fused-ring (bicyclic) bond motifs is 3. The van der Waals surface area contributed by atoms with Gasteiger partial charge in [0.15, 0.2) is 4.96 Å². The standard InChI is InChI=1S/C11H11N3OS/c1-15-8-2-3-9-10(4-8)16-11-13-7(5-12)6-14(9)11/h2-4,6H,5,12H2,1H3. The molecular formula is C11H11N3OS. The molecule has 0 aliphatic carbocycles. The van der Waals surface area contributed by atoms with Gasteiger partial charge in [0.05, 0.1) is 23.0 Å². The summed E-state index contributed by atoms with van der Waals surface area (Å²) < 4.78 is 8.44. The molecule has 0 radical (unpaired) electrons. The van der Waals surface area contributed by atoms with Gasteiger partial charge in [0.25, 0.3) is 0 Å². The number of aromatic nitrogens is 2. The minimum Gasteiger partial charge on any atom is -0.497 e. The van der Waals surface area contributed by atoms with Gasteiger partial charge in [-0.2, -0.15) is 0 Å². The summed E-state index contributed by atoms with van der Waals surface area (Å²) in [6, 6.07) is 6.02. The zero-order valence-corrected chi connectivity index (χ0v) is 9.62. The second-order valence-electron chi connectivity index (χ2n) is 3.52. The zero-order chi connectivity index (χ0) is 11.1. The number of imidazole rings is 1. The van der Waals surface area contributed by atoms with E-state index in [1.54, 1.807) is 18.4 Å². The van der Waals surface area contributed by atoms with Crippen LogP contribution in [-0.4, -0.2) is 16.5 Å². The molecule has 0 fully saturated rings. The monoisotopic (exact) mass is 233 g/mol. The Morgan fingerprint density at radius 2 is 2.38 bits per heavy atom. The second-order valence-corrected chi connectivity index (χ2v) is 4.53. The van der Waals surface area contributed by atoms with E-state index in [1.165, 1.54) is 4.70 Å². The van der Waals surface area contributed by atoms with Crippen molar-refractivity contribution < 1.29 is 4.74 Å². The molecule has 0 aliphatic heterocycles. The van der Waals surface area contributed by atoms with E-state index in [-0.39, 0.29) is 0 Å². The van der Waals surface area contributed by atoms with Crippen molar-refractivity contribution in [1.29, 1.82) is 0 Å². The first-order chi connectivity index (χ1) is 7.81. The van der Waals surface area contributed by atoms with E-state index >= 15 is 0 Å². The highest BCUT2D eigenvalue weighted by molar-refractivity contribution is 7.23. The quantitative estimate of drug-likeness (QED) is 0.736. The van der Waals surface area contributed by atoms with E-state index in [0.717, 1.165) is 21.9 Å². The number of ether oxygens (including phenoxy) is 1. The molecule has 5 heteroatoms. The van der Waals surface area contributed by atoms with Gasteiger partial charge in [-0.3, -0.25) is 4.40 Å². The first-order valence-electron chi connectivity index (χ1n) is 4.96. The molecule has 3 aromatic rings. The Hall–Kier alpha value is -1.59. The Labute approximate surface area is 96.3 Å². The van der Waals surface area contributed by atoms with Gasteiger partial charge < -0.3 is 10.5 Å². The lowest BCUT2D eigenvalue weighted by atomic mass is 10.3. The Morgan fingerprint density at radius 3 is 3.12 bits per heavy atom. The first-order valence-corrected chi connectivity index (χ1v) is 5.78. The van der Waals surface area contributed by atoms with Crippen LogP contribution < -0.4 is 10.5 Å². The normalized spacial score (nSPS) is 11.4. The Bertz CT molecular complexity index is 650. The molecular weight excluding hydrogens is 222 g/mol. The van der Waals surface area contributed by atoms with E-state index in [1.807, 2.05) is 24.4 Å². The molecule has 2 heterocycles. The molecule has 0 bridgehead atoms. The molecule has 0 aliphatic rings. The molecule has 0 saturated carbocycles. The fourth-order valence-electron chi connectivity index (χ4n) is 1.75. The Balaban J connectivity index is 2.31. The molecule has 1 aromatic carbocycles. The van der Waals surface area contributed by atoms with Crippen LogP contribution in [0.3, 0.4) is 0 Å². The number of benzene rings is 1. The van der Waals surface area contributed by atoms with Crippen molar-refractivity contribution in [2.24, 2.45) is 5.73 Å². The van der Waals surface area contributed by atoms with Crippen molar-refractivity contribution in [3.63, 3.8) is 0 Å². The predicted octanol–water partition coefficient (Wildman–Crippen LogP) is 2.02. The second kappa shape index (κ2) is 3.47. The number of hydrogen-bond acceptors (Lipinski definition) is 4. The first kappa shape index (κ1) is 9.62. The van der Waals surface area contributed by atoms with Crippen LogP contribution in [-0.2, 0) is 6.54 Å². The summed E-state index contributed by atoms with van der Waals surface area (Å²) in [6.45, 7) is 0.478. The molecule has 0 saturated heterocycles. The predicted molar refractivity (Wildman–Crippen MR) is 65.0 cm³/mol. The fourth-order valence-corrected chi connectivity index (χ4v) is 2.81. The molecule has 4 nitrogen and oxygen atoms in total. The minimum absolute atomic E-state index is 0.478. The van der Waals surface area contributed by atoms with E-state index in [4.69, 9.17) is 10.5 Å². The maximum Gasteiger partial charge on any atom is 0.194 e. The molecule has 0 atom stereocenters. The molecule has 2 N–H and O–H groups in total. The summed E-state index contributed by atoms with van der Waals surface area (Å²) in [6.07, 6.45) is 1.99. The Kier molecular flexibility index (Phi) is 2.08. The fraction of sp³-hybridized carbons (Fsp3) is 0.182. The van der Waals surface area contributed by atoms with Gasteiger partial charge in [-0.25, -0.2) is 4.98 Å². The number of nitrogens with two attached hydrogens (primary N) is 1. The molecule has 3 rings (SSSR count). The van der Waals surface area contributed by atoms with Crippen molar-refractivity contribution >= 4 is 26.5 Å². The van der Waals surface area contributed by atoms with Crippen LogP contribution in [0.2, 0.25) is 0 Å². The number of thiazole rings is 1. The van der Waals surface area contributed by atoms with Crippen LogP contribution in [0.1, 0.15) is 5.69 Å². The van der Waals surface area contributed by atoms with Gasteiger partial charge in [0, 0.05) is 12.7 Å². The van der Waals surface area contributed by atoms with Gasteiger partial charge in [0.2, 0.25) is 0 Å². The molecule has 2 aromatic heterocycles. The van der Waals surface area contributed by atoms with Gasteiger partial charge >= 0.3 is 0 Å². The van der Waals surface area contributed by atoms with Crippen LogP contribution in [0.15, 0.2) is 24.4 Å². The highest BCUT2D eigenvalue weighted by Gasteiger charge is 2.08.